The van der Waals surface area contributed by atoms with Crippen LogP contribution in [-0.4, -0.2) is 0 Å². The van der Waals surface area contributed by atoms with Crippen molar-refractivity contribution in [3.05, 3.63) is 22.8 Å². The van der Waals surface area contributed by atoms with E-state index >= 15 is 0 Å². The van der Waals surface area contributed by atoms with Crippen molar-refractivity contribution < 1.29 is 0 Å². The molecule has 0 nitrogen and oxygen atoms in total. The maximum atomic E-state index is 2.60. The van der Waals surface area contributed by atoms with E-state index in [0.29, 0.717) is 5.41 Å². The Morgan fingerprint density at radius 2 is 1.94 bits per heavy atom. The number of hydrogen-bond donors (Lipinski definition) is 0. The molecule has 0 aromatic heterocycles. The first-order chi connectivity index (χ1) is 7.69. The highest BCUT2D eigenvalue weighted by molar-refractivity contribution is 5.45. The zero-order valence-electron chi connectivity index (χ0n) is 10.8. The minimum atomic E-state index is 0.558. The highest BCUT2D eigenvalue weighted by Crippen LogP contribution is 2.51. The second-order valence-corrected chi connectivity index (χ2v) is 6.47. The van der Waals surface area contributed by atoms with Gasteiger partial charge in [-0.2, -0.15) is 0 Å². The van der Waals surface area contributed by atoms with Crippen LogP contribution in [0.2, 0.25) is 0 Å². The first kappa shape index (κ1) is 10.6. The van der Waals surface area contributed by atoms with E-state index in [1.165, 1.54) is 51.4 Å². The molecule has 88 valence electrons. The van der Waals surface area contributed by atoms with Crippen molar-refractivity contribution in [3.8, 4) is 0 Å². The molecule has 0 heterocycles. The van der Waals surface area contributed by atoms with Gasteiger partial charge in [0.2, 0.25) is 0 Å². The molecule has 0 amide bonds. The lowest BCUT2D eigenvalue weighted by molar-refractivity contribution is 0.263. The molecule has 1 fully saturated rings. The molecule has 0 radical (unpaired) electrons. The van der Waals surface area contributed by atoms with Crippen LogP contribution in [0.15, 0.2) is 22.8 Å². The van der Waals surface area contributed by atoms with Gasteiger partial charge in [0.05, 0.1) is 0 Å². The molecule has 1 atom stereocenters. The largest absolute Gasteiger partial charge is 0.0626 e. The Morgan fingerprint density at radius 1 is 1.19 bits per heavy atom. The van der Waals surface area contributed by atoms with E-state index in [1.54, 1.807) is 16.7 Å². The Bertz CT molecular complexity index is 350. The van der Waals surface area contributed by atoms with Crippen LogP contribution in [0.1, 0.15) is 65.2 Å². The van der Waals surface area contributed by atoms with Gasteiger partial charge in [-0.05, 0) is 49.0 Å². The van der Waals surface area contributed by atoms with Crippen LogP contribution in [-0.2, 0) is 0 Å². The maximum absolute atomic E-state index is 2.60. The summed E-state index contributed by atoms with van der Waals surface area (Å²) in [6.07, 6.45) is 14.0. The van der Waals surface area contributed by atoms with Gasteiger partial charge < -0.3 is 0 Å². The first-order valence-electron chi connectivity index (χ1n) is 7.12. The second kappa shape index (κ2) is 3.75. The Kier molecular flexibility index (Phi) is 2.49. The van der Waals surface area contributed by atoms with Crippen LogP contribution < -0.4 is 0 Å². The van der Waals surface area contributed by atoms with Gasteiger partial charge in [0.1, 0.15) is 0 Å². The molecule has 0 aromatic carbocycles. The maximum Gasteiger partial charge on any atom is -0.00938 e. The smallest absolute Gasteiger partial charge is 0.00938 e. The van der Waals surface area contributed by atoms with E-state index < -0.39 is 0 Å². The van der Waals surface area contributed by atoms with Crippen LogP contribution in [0.25, 0.3) is 0 Å². The SMILES string of the molecule is CC1CCC2=C1C=C(C1(C)CCCCC1)C2. The summed E-state index contributed by atoms with van der Waals surface area (Å²) in [5.41, 5.74) is 5.85. The van der Waals surface area contributed by atoms with Crippen LogP contribution in [0.3, 0.4) is 0 Å². The van der Waals surface area contributed by atoms with Gasteiger partial charge in [-0.3, -0.25) is 0 Å². The van der Waals surface area contributed by atoms with Gasteiger partial charge in [-0.25, -0.2) is 0 Å². The van der Waals surface area contributed by atoms with Crippen molar-refractivity contribution >= 4 is 0 Å². The predicted octanol–water partition coefficient (Wildman–Crippen LogP) is 5.01. The van der Waals surface area contributed by atoms with E-state index in [9.17, 15) is 0 Å². The molecule has 0 bridgehead atoms. The monoisotopic (exact) mass is 216 g/mol. The van der Waals surface area contributed by atoms with Gasteiger partial charge in [-0.15, -0.1) is 0 Å². The lowest BCUT2D eigenvalue weighted by Gasteiger charge is -2.35. The van der Waals surface area contributed by atoms with E-state index in [0.717, 1.165) is 5.92 Å². The molecule has 3 rings (SSSR count). The molecule has 1 unspecified atom stereocenters. The zero-order valence-corrected chi connectivity index (χ0v) is 10.8. The fourth-order valence-corrected chi connectivity index (χ4v) is 3.98. The lowest BCUT2D eigenvalue weighted by Crippen LogP contribution is -2.22. The van der Waals surface area contributed by atoms with Crippen molar-refractivity contribution in [1.29, 1.82) is 0 Å². The fourth-order valence-electron chi connectivity index (χ4n) is 3.98. The summed E-state index contributed by atoms with van der Waals surface area (Å²) < 4.78 is 0. The Balaban J connectivity index is 1.81. The highest BCUT2D eigenvalue weighted by atomic mass is 14.4. The molecule has 3 aliphatic carbocycles. The molecule has 0 saturated heterocycles. The molecule has 0 aliphatic heterocycles. The Hall–Kier alpha value is -0.520. The van der Waals surface area contributed by atoms with Crippen LogP contribution in [0.4, 0.5) is 0 Å². The van der Waals surface area contributed by atoms with Gasteiger partial charge in [0.15, 0.2) is 0 Å². The molecule has 0 spiro atoms. The van der Waals surface area contributed by atoms with E-state index in [1.807, 2.05) is 0 Å². The van der Waals surface area contributed by atoms with Crippen molar-refractivity contribution in [2.45, 2.75) is 65.2 Å². The van der Waals surface area contributed by atoms with Gasteiger partial charge in [0, 0.05) is 0 Å². The van der Waals surface area contributed by atoms with E-state index in [4.69, 9.17) is 0 Å². The number of rotatable bonds is 1. The summed E-state index contributed by atoms with van der Waals surface area (Å²) >= 11 is 0. The minimum Gasteiger partial charge on any atom is -0.0626 e. The molecule has 3 aliphatic rings. The Morgan fingerprint density at radius 3 is 2.62 bits per heavy atom. The van der Waals surface area contributed by atoms with Crippen molar-refractivity contribution in [2.24, 2.45) is 11.3 Å². The molecule has 0 N–H and O–H groups in total. The normalized spacial score (nSPS) is 32.9. The average Bonchev–Trinajstić information content (AvgIpc) is 2.83. The van der Waals surface area contributed by atoms with E-state index in [2.05, 4.69) is 19.9 Å². The van der Waals surface area contributed by atoms with Crippen molar-refractivity contribution in [3.63, 3.8) is 0 Å². The standard InChI is InChI=1S/C16H24/c1-12-6-7-13-10-14(11-15(12)13)16(2)8-4-3-5-9-16/h11-12H,3-10H2,1-2H3. The van der Waals surface area contributed by atoms with Crippen molar-refractivity contribution in [2.75, 3.05) is 0 Å². The fraction of sp³-hybridized carbons (Fsp3) is 0.750. The minimum absolute atomic E-state index is 0.558. The molecule has 16 heavy (non-hydrogen) atoms. The second-order valence-electron chi connectivity index (χ2n) is 6.47. The third-order valence-electron chi connectivity index (χ3n) is 5.28. The molecule has 1 saturated carbocycles. The summed E-state index contributed by atoms with van der Waals surface area (Å²) in [5.74, 6) is 0.847. The van der Waals surface area contributed by atoms with Gasteiger partial charge in [-0.1, -0.05) is 50.3 Å². The number of hydrogen-bond acceptors (Lipinski definition) is 0. The Labute approximate surface area is 99.8 Å². The molecular formula is C16H24. The topological polar surface area (TPSA) is 0 Å². The van der Waals surface area contributed by atoms with Gasteiger partial charge >= 0.3 is 0 Å². The summed E-state index contributed by atoms with van der Waals surface area (Å²) in [6, 6.07) is 0. The van der Waals surface area contributed by atoms with Crippen LogP contribution in [0.5, 0.6) is 0 Å². The quantitative estimate of drug-likeness (QED) is 0.577. The van der Waals surface area contributed by atoms with E-state index in [-0.39, 0.29) is 0 Å². The summed E-state index contributed by atoms with van der Waals surface area (Å²) in [5, 5.41) is 0. The summed E-state index contributed by atoms with van der Waals surface area (Å²) in [4.78, 5) is 0. The third-order valence-corrected chi connectivity index (χ3v) is 5.28. The lowest BCUT2D eigenvalue weighted by atomic mass is 9.69. The summed E-state index contributed by atoms with van der Waals surface area (Å²) in [6.45, 7) is 4.93. The first-order valence-corrected chi connectivity index (χ1v) is 7.12. The summed E-state index contributed by atoms with van der Waals surface area (Å²) in [7, 11) is 0. The predicted molar refractivity (Wildman–Crippen MR) is 69.3 cm³/mol. The van der Waals surface area contributed by atoms with Crippen LogP contribution >= 0.6 is 0 Å². The third kappa shape index (κ3) is 1.58. The van der Waals surface area contributed by atoms with Crippen molar-refractivity contribution in [1.82, 2.24) is 0 Å². The molecular weight excluding hydrogens is 192 g/mol. The van der Waals surface area contributed by atoms with Gasteiger partial charge in [0.25, 0.3) is 0 Å². The molecule has 0 heteroatoms. The highest BCUT2D eigenvalue weighted by Gasteiger charge is 2.36. The van der Waals surface area contributed by atoms with Crippen LogP contribution in [0, 0.1) is 11.3 Å². The molecule has 0 aromatic rings. The average molecular weight is 216 g/mol. The zero-order chi connectivity index (χ0) is 11.2. The number of allylic oxidation sites excluding steroid dienone is 4.